The number of hydrogen-bond acceptors (Lipinski definition) is 4. The molecule has 2 heterocycles. The first kappa shape index (κ1) is 14.8. The molecule has 0 aromatic carbocycles. The third kappa shape index (κ3) is 2.12. The van der Waals surface area contributed by atoms with E-state index in [2.05, 4.69) is 26.1 Å². The Balaban J connectivity index is 1.55. The molecule has 3 fully saturated rings. The molecule has 116 valence electrons. The molecule has 2 saturated heterocycles. The molecule has 3 atom stereocenters. The molecular formula is C16H30N2O2. The quantitative estimate of drug-likeness (QED) is 0.821. The zero-order valence-corrected chi connectivity index (χ0v) is 13.2. The van der Waals surface area contributed by atoms with Crippen LogP contribution in [0, 0.1) is 16.7 Å². The molecule has 0 radical (unpaired) electrons. The smallest absolute Gasteiger partial charge is 0.0691 e. The van der Waals surface area contributed by atoms with E-state index in [1.54, 1.807) is 0 Å². The molecule has 3 N–H and O–H groups in total. The zero-order valence-electron chi connectivity index (χ0n) is 13.2. The lowest BCUT2D eigenvalue weighted by Crippen LogP contribution is -2.78. The normalized spacial score (nSPS) is 42.0. The molecule has 3 aliphatic rings. The molecule has 4 heteroatoms. The molecule has 0 spiro atoms. The monoisotopic (exact) mass is 282 g/mol. The van der Waals surface area contributed by atoms with Crippen molar-refractivity contribution in [3.63, 3.8) is 0 Å². The van der Waals surface area contributed by atoms with Crippen LogP contribution in [0.5, 0.6) is 0 Å². The van der Waals surface area contributed by atoms with Crippen molar-refractivity contribution in [2.75, 3.05) is 32.9 Å². The van der Waals surface area contributed by atoms with Crippen molar-refractivity contribution < 1.29 is 9.47 Å². The minimum absolute atomic E-state index is 0.0811. The summed E-state index contributed by atoms with van der Waals surface area (Å²) in [5, 5.41) is 3.67. The average Bonchev–Trinajstić information content (AvgIpc) is 2.87. The number of nitrogens with two attached hydrogens (primary N) is 1. The lowest BCUT2D eigenvalue weighted by molar-refractivity contribution is -0.154. The van der Waals surface area contributed by atoms with E-state index in [-0.39, 0.29) is 11.0 Å². The minimum Gasteiger partial charge on any atom is -0.381 e. The maximum Gasteiger partial charge on any atom is 0.0691 e. The van der Waals surface area contributed by atoms with Gasteiger partial charge in [-0.05, 0) is 24.7 Å². The van der Waals surface area contributed by atoms with Crippen molar-refractivity contribution >= 4 is 0 Å². The number of nitrogens with one attached hydrogen (secondary N) is 1. The van der Waals surface area contributed by atoms with Crippen molar-refractivity contribution in [2.45, 2.75) is 51.7 Å². The van der Waals surface area contributed by atoms with Crippen LogP contribution in [0.15, 0.2) is 0 Å². The molecule has 0 amide bonds. The predicted molar refractivity (Wildman–Crippen MR) is 79.6 cm³/mol. The molecule has 4 nitrogen and oxygen atoms in total. The molecule has 1 aliphatic carbocycles. The average molecular weight is 282 g/mol. The molecule has 0 aromatic heterocycles. The Hall–Kier alpha value is -0.160. The zero-order chi connectivity index (χ0) is 14.4. The van der Waals surface area contributed by atoms with E-state index < -0.39 is 0 Å². The van der Waals surface area contributed by atoms with Crippen molar-refractivity contribution in [1.82, 2.24) is 5.32 Å². The summed E-state index contributed by atoms with van der Waals surface area (Å²) < 4.78 is 11.3. The first-order valence-corrected chi connectivity index (χ1v) is 8.08. The summed E-state index contributed by atoms with van der Waals surface area (Å²) in [6.45, 7) is 11.5. The van der Waals surface area contributed by atoms with Gasteiger partial charge in [-0.2, -0.15) is 0 Å². The van der Waals surface area contributed by atoms with Crippen LogP contribution in [-0.4, -0.2) is 44.6 Å². The van der Waals surface area contributed by atoms with E-state index >= 15 is 0 Å². The fourth-order valence-electron chi connectivity index (χ4n) is 4.45. The Bertz CT molecular complexity index is 365. The Morgan fingerprint density at radius 3 is 2.50 bits per heavy atom. The van der Waals surface area contributed by atoms with E-state index in [4.69, 9.17) is 15.2 Å². The second-order valence-electron chi connectivity index (χ2n) is 7.98. The van der Waals surface area contributed by atoms with Gasteiger partial charge in [0.25, 0.3) is 0 Å². The van der Waals surface area contributed by atoms with E-state index in [1.165, 1.54) is 0 Å². The van der Waals surface area contributed by atoms with E-state index in [1.807, 2.05) is 0 Å². The van der Waals surface area contributed by atoms with Crippen LogP contribution in [0.4, 0.5) is 0 Å². The number of hydrogen-bond donors (Lipinski definition) is 2. The second kappa shape index (κ2) is 4.94. The highest BCUT2D eigenvalue weighted by Crippen LogP contribution is 2.57. The maximum absolute atomic E-state index is 6.76. The van der Waals surface area contributed by atoms with Crippen molar-refractivity contribution in [1.29, 1.82) is 0 Å². The van der Waals surface area contributed by atoms with Gasteiger partial charge in [0.1, 0.15) is 0 Å². The van der Waals surface area contributed by atoms with Gasteiger partial charge < -0.3 is 20.5 Å². The highest BCUT2D eigenvalue weighted by molar-refractivity contribution is 5.21. The minimum atomic E-state index is -0.115. The van der Waals surface area contributed by atoms with Crippen LogP contribution >= 0.6 is 0 Å². The molecular weight excluding hydrogens is 252 g/mol. The summed E-state index contributed by atoms with van der Waals surface area (Å²) in [6.07, 6.45) is 3.79. The van der Waals surface area contributed by atoms with Gasteiger partial charge in [0.05, 0.1) is 6.10 Å². The first-order chi connectivity index (χ1) is 9.39. The van der Waals surface area contributed by atoms with Crippen molar-refractivity contribution in [3.05, 3.63) is 0 Å². The number of rotatable bonds is 4. The Labute approximate surface area is 122 Å². The van der Waals surface area contributed by atoms with Gasteiger partial charge >= 0.3 is 0 Å². The van der Waals surface area contributed by atoms with E-state index in [0.717, 1.165) is 52.2 Å². The molecule has 0 bridgehead atoms. The fraction of sp³-hybridized carbons (Fsp3) is 1.00. The summed E-state index contributed by atoms with van der Waals surface area (Å²) in [6, 6.07) is 0. The first-order valence-electron chi connectivity index (χ1n) is 8.08. The lowest BCUT2D eigenvalue weighted by atomic mass is 9.48. The third-order valence-corrected chi connectivity index (χ3v) is 6.33. The van der Waals surface area contributed by atoms with Gasteiger partial charge in [0.15, 0.2) is 0 Å². The molecule has 0 aromatic rings. The molecule has 3 rings (SSSR count). The molecule has 3 unspecified atom stereocenters. The summed E-state index contributed by atoms with van der Waals surface area (Å²) in [5.41, 5.74) is 7.09. The van der Waals surface area contributed by atoms with Gasteiger partial charge in [-0.3, -0.25) is 0 Å². The SMILES string of the molecule is CC1(CNCC2(N)C3CCOC3C2(C)C)CCOCC1. The van der Waals surface area contributed by atoms with Gasteiger partial charge in [-0.25, -0.2) is 0 Å². The van der Waals surface area contributed by atoms with Gasteiger partial charge in [0, 0.05) is 49.8 Å². The standard InChI is InChI=1S/C16H30N2O2/c1-14(2)13-12(4-7-20-13)16(14,17)11-18-10-15(3)5-8-19-9-6-15/h12-13,18H,4-11,17H2,1-3H3. The van der Waals surface area contributed by atoms with Crippen LogP contribution in [0.25, 0.3) is 0 Å². The van der Waals surface area contributed by atoms with Crippen molar-refractivity contribution in [2.24, 2.45) is 22.5 Å². The third-order valence-electron chi connectivity index (χ3n) is 6.33. The molecule has 20 heavy (non-hydrogen) atoms. The maximum atomic E-state index is 6.76. The highest BCUT2D eigenvalue weighted by Gasteiger charge is 2.67. The van der Waals surface area contributed by atoms with Crippen LogP contribution in [-0.2, 0) is 9.47 Å². The molecule has 2 aliphatic heterocycles. The summed E-state index contributed by atoms with van der Waals surface area (Å²) in [4.78, 5) is 0. The lowest BCUT2D eigenvalue weighted by Gasteiger charge is -2.62. The molecule has 1 saturated carbocycles. The van der Waals surface area contributed by atoms with Crippen LogP contribution < -0.4 is 11.1 Å². The van der Waals surface area contributed by atoms with Crippen LogP contribution in [0.3, 0.4) is 0 Å². The number of fused-ring (bicyclic) bond motifs is 1. The summed E-state index contributed by atoms with van der Waals surface area (Å²) in [7, 11) is 0. The largest absolute Gasteiger partial charge is 0.381 e. The van der Waals surface area contributed by atoms with Crippen LogP contribution in [0.1, 0.15) is 40.0 Å². The Morgan fingerprint density at radius 1 is 1.10 bits per heavy atom. The van der Waals surface area contributed by atoms with Crippen molar-refractivity contribution in [3.8, 4) is 0 Å². The van der Waals surface area contributed by atoms with Gasteiger partial charge in [-0.1, -0.05) is 20.8 Å². The van der Waals surface area contributed by atoms with Gasteiger partial charge in [0.2, 0.25) is 0 Å². The highest BCUT2D eigenvalue weighted by atomic mass is 16.5. The van der Waals surface area contributed by atoms with E-state index in [0.29, 0.717) is 17.4 Å². The predicted octanol–water partition coefficient (Wildman–Crippen LogP) is 1.54. The fourth-order valence-corrected chi connectivity index (χ4v) is 4.45. The number of ether oxygens (including phenoxy) is 2. The second-order valence-corrected chi connectivity index (χ2v) is 7.98. The Morgan fingerprint density at radius 2 is 1.80 bits per heavy atom. The van der Waals surface area contributed by atoms with Crippen LogP contribution in [0.2, 0.25) is 0 Å². The van der Waals surface area contributed by atoms with Gasteiger partial charge in [-0.15, -0.1) is 0 Å². The Kier molecular flexibility index (Phi) is 3.65. The summed E-state index contributed by atoms with van der Waals surface area (Å²) >= 11 is 0. The topological polar surface area (TPSA) is 56.5 Å². The summed E-state index contributed by atoms with van der Waals surface area (Å²) in [5.74, 6) is 0.535. The van der Waals surface area contributed by atoms with E-state index in [9.17, 15) is 0 Å².